The molecule has 1 aromatic carbocycles. The monoisotopic (exact) mass is 350 g/mol. The lowest BCUT2D eigenvalue weighted by atomic mass is 10.0. The van der Waals surface area contributed by atoms with Gasteiger partial charge in [-0.05, 0) is 25.0 Å². The van der Waals surface area contributed by atoms with Gasteiger partial charge >= 0.3 is 6.18 Å². The van der Waals surface area contributed by atoms with Crippen molar-refractivity contribution >= 4 is 11.7 Å². The number of carbonyl (C=O) groups is 1. The van der Waals surface area contributed by atoms with Crippen LogP contribution >= 0.6 is 0 Å². The van der Waals surface area contributed by atoms with Crippen molar-refractivity contribution < 1.29 is 18.0 Å². The Morgan fingerprint density at radius 1 is 1.12 bits per heavy atom. The number of carbonyl (C=O) groups excluding carboxylic acids is 1. The topological polar surface area (TPSA) is 58.1 Å². The van der Waals surface area contributed by atoms with E-state index in [0.29, 0.717) is 31.5 Å². The number of anilines is 1. The minimum Gasteiger partial charge on any atom is -0.356 e. The lowest BCUT2D eigenvalue weighted by molar-refractivity contribution is -0.141. The highest BCUT2D eigenvalue weighted by molar-refractivity contribution is 5.94. The molecule has 0 aliphatic carbocycles. The molecular weight excluding hydrogens is 333 g/mol. The SMILES string of the molecule is O=C(NC1CCN(c2cc(C(F)(F)F)ncn2)CC1)c1ccccc1. The van der Waals surface area contributed by atoms with Crippen molar-refractivity contribution in [3.8, 4) is 0 Å². The summed E-state index contributed by atoms with van der Waals surface area (Å²) in [6.45, 7) is 1.04. The van der Waals surface area contributed by atoms with Crippen LogP contribution in [0.15, 0.2) is 42.7 Å². The molecule has 132 valence electrons. The van der Waals surface area contributed by atoms with Crippen LogP contribution in [0, 0.1) is 0 Å². The molecule has 0 saturated carbocycles. The van der Waals surface area contributed by atoms with Crippen molar-refractivity contribution in [3.05, 3.63) is 54.0 Å². The quantitative estimate of drug-likeness (QED) is 0.925. The number of aromatic nitrogens is 2. The molecule has 1 N–H and O–H groups in total. The zero-order valence-corrected chi connectivity index (χ0v) is 13.3. The maximum Gasteiger partial charge on any atom is 0.433 e. The molecule has 2 heterocycles. The van der Waals surface area contributed by atoms with Gasteiger partial charge < -0.3 is 10.2 Å². The fourth-order valence-electron chi connectivity index (χ4n) is 2.79. The van der Waals surface area contributed by atoms with Gasteiger partial charge in [0.25, 0.3) is 5.91 Å². The lowest BCUT2D eigenvalue weighted by Crippen LogP contribution is -2.45. The fourth-order valence-corrected chi connectivity index (χ4v) is 2.79. The molecular formula is C17H17F3N4O. The number of hydrogen-bond donors (Lipinski definition) is 1. The van der Waals surface area contributed by atoms with E-state index in [9.17, 15) is 18.0 Å². The number of rotatable bonds is 3. The summed E-state index contributed by atoms with van der Waals surface area (Å²) in [6.07, 6.45) is -2.27. The normalized spacial score (nSPS) is 15.9. The Kier molecular flexibility index (Phi) is 4.87. The van der Waals surface area contributed by atoms with Crippen molar-refractivity contribution in [2.75, 3.05) is 18.0 Å². The van der Waals surface area contributed by atoms with Crippen LogP contribution in [0.2, 0.25) is 0 Å². The number of halogens is 3. The summed E-state index contributed by atoms with van der Waals surface area (Å²) in [5, 5.41) is 2.96. The average Bonchev–Trinajstić information content (AvgIpc) is 2.62. The van der Waals surface area contributed by atoms with Gasteiger partial charge in [-0.2, -0.15) is 13.2 Å². The number of nitrogens with one attached hydrogen (secondary N) is 1. The second-order valence-electron chi connectivity index (χ2n) is 5.86. The zero-order chi connectivity index (χ0) is 17.9. The van der Waals surface area contributed by atoms with Gasteiger partial charge in [0.05, 0.1) is 0 Å². The van der Waals surface area contributed by atoms with Crippen LogP contribution in [-0.4, -0.2) is 35.0 Å². The summed E-state index contributed by atoms with van der Waals surface area (Å²) in [7, 11) is 0. The maximum atomic E-state index is 12.7. The number of alkyl halides is 3. The Balaban J connectivity index is 1.58. The number of benzene rings is 1. The van der Waals surface area contributed by atoms with E-state index in [1.807, 2.05) is 6.07 Å². The Hall–Kier alpha value is -2.64. The van der Waals surface area contributed by atoms with Crippen molar-refractivity contribution in [1.29, 1.82) is 0 Å². The largest absolute Gasteiger partial charge is 0.433 e. The first-order chi connectivity index (χ1) is 11.9. The summed E-state index contributed by atoms with van der Waals surface area (Å²) >= 11 is 0. The average molecular weight is 350 g/mol. The Morgan fingerprint density at radius 3 is 2.44 bits per heavy atom. The summed E-state index contributed by atoms with van der Waals surface area (Å²) in [6, 6.07) is 9.87. The number of amides is 1. The van der Waals surface area contributed by atoms with E-state index in [0.717, 1.165) is 12.4 Å². The predicted octanol–water partition coefficient (Wildman–Crippen LogP) is 2.89. The zero-order valence-electron chi connectivity index (χ0n) is 13.3. The Labute approximate surface area is 142 Å². The summed E-state index contributed by atoms with van der Waals surface area (Å²) in [5.41, 5.74) is -0.354. The van der Waals surface area contributed by atoms with E-state index in [1.54, 1.807) is 29.2 Å². The first-order valence-corrected chi connectivity index (χ1v) is 7.93. The third-order valence-electron chi connectivity index (χ3n) is 4.13. The smallest absolute Gasteiger partial charge is 0.356 e. The second-order valence-corrected chi connectivity index (χ2v) is 5.86. The first kappa shape index (κ1) is 17.2. The van der Waals surface area contributed by atoms with Crippen molar-refractivity contribution in [2.45, 2.75) is 25.1 Å². The molecule has 8 heteroatoms. The maximum absolute atomic E-state index is 12.7. The first-order valence-electron chi connectivity index (χ1n) is 7.93. The predicted molar refractivity (Wildman–Crippen MR) is 86.2 cm³/mol. The van der Waals surface area contributed by atoms with Gasteiger partial charge in [-0.15, -0.1) is 0 Å². The van der Waals surface area contributed by atoms with E-state index in [4.69, 9.17) is 0 Å². The van der Waals surface area contributed by atoms with Crippen LogP contribution in [0.3, 0.4) is 0 Å². The van der Waals surface area contributed by atoms with Gasteiger partial charge in [-0.25, -0.2) is 9.97 Å². The third kappa shape index (κ3) is 4.26. The van der Waals surface area contributed by atoms with Gasteiger partial charge in [0.1, 0.15) is 17.8 Å². The minimum absolute atomic E-state index is 0.00659. The van der Waals surface area contributed by atoms with Gasteiger partial charge in [0.2, 0.25) is 0 Å². The number of piperidine rings is 1. The van der Waals surface area contributed by atoms with E-state index in [2.05, 4.69) is 15.3 Å². The molecule has 1 aliphatic heterocycles. The van der Waals surface area contributed by atoms with E-state index in [1.165, 1.54) is 0 Å². The molecule has 1 aromatic heterocycles. The standard InChI is InChI=1S/C17H17F3N4O/c18-17(19,20)14-10-15(22-11-21-14)24-8-6-13(7-9-24)23-16(25)12-4-2-1-3-5-12/h1-5,10-11,13H,6-9H2,(H,23,25). The molecule has 1 fully saturated rings. The molecule has 2 aromatic rings. The van der Waals surface area contributed by atoms with Gasteiger partial charge in [-0.3, -0.25) is 4.79 Å². The second kappa shape index (κ2) is 7.08. The van der Waals surface area contributed by atoms with Crippen LogP contribution in [0.5, 0.6) is 0 Å². The van der Waals surface area contributed by atoms with Gasteiger partial charge in [-0.1, -0.05) is 18.2 Å². The summed E-state index contributed by atoms with van der Waals surface area (Å²) in [4.78, 5) is 21.1. The van der Waals surface area contributed by atoms with E-state index < -0.39 is 11.9 Å². The lowest BCUT2D eigenvalue weighted by Gasteiger charge is -2.33. The molecule has 5 nitrogen and oxygen atoms in total. The summed E-state index contributed by atoms with van der Waals surface area (Å²) in [5.74, 6) is 0.121. The number of nitrogens with zero attached hydrogens (tertiary/aromatic N) is 3. The van der Waals surface area contributed by atoms with Crippen molar-refractivity contribution in [2.24, 2.45) is 0 Å². The van der Waals surface area contributed by atoms with Crippen LogP contribution < -0.4 is 10.2 Å². The fraction of sp³-hybridized carbons (Fsp3) is 0.353. The van der Waals surface area contributed by atoms with E-state index >= 15 is 0 Å². The molecule has 0 atom stereocenters. The number of hydrogen-bond acceptors (Lipinski definition) is 4. The molecule has 3 rings (SSSR count). The van der Waals surface area contributed by atoms with Crippen LogP contribution in [0.1, 0.15) is 28.9 Å². The molecule has 0 spiro atoms. The van der Waals surface area contributed by atoms with Gasteiger partial charge in [0.15, 0.2) is 0 Å². The molecule has 1 aliphatic rings. The van der Waals surface area contributed by atoms with Crippen LogP contribution in [0.25, 0.3) is 0 Å². The molecule has 0 unspecified atom stereocenters. The Morgan fingerprint density at radius 2 is 1.80 bits per heavy atom. The van der Waals surface area contributed by atoms with E-state index in [-0.39, 0.29) is 17.8 Å². The minimum atomic E-state index is -4.49. The molecule has 0 bridgehead atoms. The molecule has 0 radical (unpaired) electrons. The van der Waals surface area contributed by atoms with Crippen molar-refractivity contribution in [1.82, 2.24) is 15.3 Å². The van der Waals surface area contributed by atoms with Crippen molar-refractivity contribution in [3.63, 3.8) is 0 Å². The van der Waals surface area contributed by atoms with Crippen LogP contribution in [0.4, 0.5) is 19.0 Å². The Bertz CT molecular complexity index is 728. The molecule has 1 amide bonds. The van der Waals surface area contributed by atoms with Crippen LogP contribution in [-0.2, 0) is 6.18 Å². The highest BCUT2D eigenvalue weighted by Gasteiger charge is 2.33. The third-order valence-corrected chi connectivity index (χ3v) is 4.13. The van der Waals surface area contributed by atoms with Gasteiger partial charge in [0, 0.05) is 30.8 Å². The molecule has 25 heavy (non-hydrogen) atoms. The summed E-state index contributed by atoms with van der Waals surface area (Å²) < 4.78 is 38.2. The highest BCUT2D eigenvalue weighted by atomic mass is 19.4. The molecule has 1 saturated heterocycles. The highest BCUT2D eigenvalue weighted by Crippen LogP contribution is 2.29.